The maximum atomic E-state index is 11.4. The Morgan fingerprint density at radius 1 is 1.37 bits per heavy atom. The number of carboxylic acid groups (broad SMARTS) is 1. The van der Waals surface area contributed by atoms with Crippen molar-refractivity contribution in [1.29, 1.82) is 0 Å². The fourth-order valence-electron chi connectivity index (χ4n) is 2.68. The van der Waals surface area contributed by atoms with Gasteiger partial charge in [-0.05, 0) is 36.5 Å². The molecule has 0 amide bonds. The fourth-order valence-corrected chi connectivity index (χ4v) is 2.68. The molecule has 0 saturated carbocycles. The molecule has 19 heavy (non-hydrogen) atoms. The summed E-state index contributed by atoms with van der Waals surface area (Å²) in [6, 6.07) is 6.33. The number of benzene rings is 1. The number of hydrogen-bond acceptors (Lipinski definition) is 3. The number of aliphatic carboxylic acids is 1. The summed E-state index contributed by atoms with van der Waals surface area (Å²) in [5, 5.41) is 18.6. The van der Waals surface area contributed by atoms with E-state index in [0.29, 0.717) is 12.3 Å². The van der Waals surface area contributed by atoms with E-state index < -0.39 is 12.0 Å². The van der Waals surface area contributed by atoms with Gasteiger partial charge in [0.25, 0.3) is 0 Å². The summed E-state index contributed by atoms with van der Waals surface area (Å²) in [6.45, 7) is 3.94. The lowest BCUT2D eigenvalue weighted by Gasteiger charge is -2.42. The van der Waals surface area contributed by atoms with Crippen LogP contribution in [0.15, 0.2) is 24.3 Å². The van der Waals surface area contributed by atoms with Crippen LogP contribution >= 0.6 is 0 Å². The Morgan fingerprint density at radius 2 is 2.00 bits per heavy atom. The van der Waals surface area contributed by atoms with Crippen LogP contribution in [0.3, 0.4) is 0 Å². The molecule has 1 aliphatic rings. The summed E-state index contributed by atoms with van der Waals surface area (Å²) in [4.78, 5) is 13.4. The van der Waals surface area contributed by atoms with E-state index in [1.54, 1.807) is 24.3 Å². The zero-order chi connectivity index (χ0) is 13.8. The van der Waals surface area contributed by atoms with Crippen molar-refractivity contribution in [3.8, 4) is 5.75 Å². The summed E-state index contributed by atoms with van der Waals surface area (Å²) in [5.74, 6) is 0.109. The van der Waals surface area contributed by atoms with E-state index in [2.05, 4.69) is 6.92 Å². The number of carbonyl (C=O) groups is 1. The van der Waals surface area contributed by atoms with Crippen molar-refractivity contribution in [2.45, 2.75) is 32.2 Å². The van der Waals surface area contributed by atoms with Crippen LogP contribution in [0.1, 0.15) is 25.3 Å². The molecule has 0 aliphatic carbocycles. The lowest BCUT2D eigenvalue weighted by atomic mass is 9.91. The number of carboxylic acids is 1. The van der Waals surface area contributed by atoms with Crippen molar-refractivity contribution in [3.63, 3.8) is 0 Å². The molecule has 4 nitrogen and oxygen atoms in total. The van der Waals surface area contributed by atoms with Crippen LogP contribution in [0.4, 0.5) is 0 Å². The summed E-state index contributed by atoms with van der Waals surface area (Å²) in [6.07, 6.45) is 2.84. The molecule has 1 fully saturated rings. The van der Waals surface area contributed by atoms with E-state index in [-0.39, 0.29) is 5.75 Å². The molecule has 1 aliphatic heterocycles. The van der Waals surface area contributed by atoms with Gasteiger partial charge in [0.15, 0.2) is 0 Å². The van der Waals surface area contributed by atoms with E-state index in [9.17, 15) is 15.0 Å². The van der Waals surface area contributed by atoms with Crippen molar-refractivity contribution in [3.05, 3.63) is 29.8 Å². The minimum absolute atomic E-state index is 0.211. The number of hydrogen-bond donors (Lipinski definition) is 2. The van der Waals surface area contributed by atoms with Gasteiger partial charge in [-0.3, -0.25) is 9.69 Å². The lowest BCUT2D eigenvalue weighted by molar-refractivity contribution is -0.146. The normalized spacial score (nSPS) is 17.9. The molecule has 2 rings (SSSR count). The van der Waals surface area contributed by atoms with Crippen LogP contribution in [0.25, 0.3) is 0 Å². The maximum absolute atomic E-state index is 11.4. The van der Waals surface area contributed by atoms with Gasteiger partial charge < -0.3 is 10.2 Å². The molecule has 1 unspecified atom stereocenters. The summed E-state index contributed by atoms with van der Waals surface area (Å²) in [7, 11) is 0. The van der Waals surface area contributed by atoms with Crippen LogP contribution in [-0.4, -0.2) is 40.2 Å². The highest BCUT2D eigenvalue weighted by atomic mass is 16.4. The van der Waals surface area contributed by atoms with Gasteiger partial charge in [-0.2, -0.15) is 0 Å². The Morgan fingerprint density at radius 3 is 2.53 bits per heavy atom. The molecule has 0 radical (unpaired) electrons. The van der Waals surface area contributed by atoms with Crippen LogP contribution < -0.4 is 0 Å². The maximum Gasteiger partial charge on any atom is 0.321 e. The predicted molar refractivity (Wildman–Crippen MR) is 73.2 cm³/mol. The van der Waals surface area contributed by atoms with Crippen LogP contribution in [0, 0.1) is 5.92 Å². The minimum Gasteiger partial charge on any atom is -0.508 e. The Hall–Kier alpha value is -1.55. The molecule has 0 bridgehead atoms. The second kappa shape index (κ2) is 6.06. The summed E-state index contributed by atoms with van der Waals surface area (Å²) < 4.78 is 0. The Balaban J connectivity index is 1.94. The third kappa shape index (κ3) is 3.47. The number of nitrogens with zero attached hydrogens (tertiary/aromatic N) is 1. The first-order valence-corrected chi connectivity index (χ1v) is 6.85. The Kier molecular flexibility index (Phi) is 4.43. The number of rotatable bonds is 6. The topological polar surface area (TPSA) is 60.8 Å². The highest BCUT2D eigenvalue weighted by Gasteiger charge is 2.35. The van der Waals surface area contributed by atoms with Crippen LogP contribution in [0.2, 0.25) is 0 Å². The number of likely N-dealkylation sites (tertiary alicyclic amines) is 1. The van der Waals surface area contributed by atoms with Crippen molar-refractivity contribution >= 4 is 5.97 Å². The van der Waals surface area contributed by atoms with Crippen molar-refractivity contribution in [2.75, 3.05) is 13.1 Å². The Labute approximate surface area is 113 Å². The van der Waals surface area contributed by atoms with Gasteiger partial charge in [0.1, 0.15) is 11.8 Å². The molecule has 1 aromatic carbocycles. The number of phenols is 1. The quantitative estimate of drug-likeness (QED) is 0.825. The van der Waals surface area contributed by atoms with Gasteiger partial charge in [-0.25, -0.2) is 0 Å². The smallest absolute Gasteiger partial charge is 0.321 e. The van der Waals surface area contributed by atoms with Gasteiger partial charge in [0.2, 0.25) is 0 Å². The summed E-state index contributed by atoms with van der Waals surface area (Å²) in [5.41, 5.74) is 0.948. The Bertz CT molecular complexity index is 424. The average molecular weight is 263 g/mol. The van der Waals surface area contributed by atoms with Gasteiger partial charge in [-0.1, -0.05) is 25.5 Å². The van der Waals surface area contributed by atoms with Gasteiger partial charge >= 0.3 is 5.97 Å². The third-order valence-electron chi connectivity index (χ3n) is 3.77. The van der Waals surface area contributed by atoms with Crippen molar-refractivity contribution < 1.29 is 15.0 Å². The molecule has 0 aromatic heterocycles. The van der Waals surface area contributed by atoms with Gasteiger partial charge in [0, 0.05) is 13.1 Å². The first kappa shape index (κ1) is 13.9. The van der Waals surface area contributed by atoms with Gasteiger partial charge in [0.05, 0.1) is 0 Å². The highest BCUT2D eigenvalue weighted by molar-refractivity contribution is 5.74. The molecule has 1 saturated heterocycles. The molecule has 1 atom stereocenters. The van der Waals surface area contributed by atoms with Gasteiger partial charge in [-0.15, -0.1) is 0 Å². The first-order valence-electron chi connectivity index (χ1n) is 6.85. The monoisotopic (exact) mass is 263 g/mol. The molecule has 104 valence electrons. The van der Waals surface area contributed by atoms with E-state index in [0.717, 1.165) is 25.1 Å². The van der Waals surface area contributed by atoms with E-state index >= 15 is 0 Å². The first-order chi connectivity index (χ1) is 9.10. The lowest BCUT2D eigenvalue weighted by Crippen LogP contribution is -2.55. The third-order valence-corrected chi connectivity index (χ3v) is 3.77. The summed E-state index contributed by atoms with van der Waals surface area (Å²) >= 11 is 0. The number of phenolic OH excluding ortho intramolecular Hbond substituents is 1. The molecule has 0 spiro atoms. The van der Waals surface area contributed by atoms with Crippen LogP contribution in [0.5, 0.6) is 5.75 Å². The standard InChI is InChI=1S/C15H21NO3/c1-2-3-12-9-16(10-12)14(15(18)19)8-11-4-6-13(17)7-5-11/h4-7,12,14,17H,2-3,8-10H2,1H3,(H,18,19). The van der Waals surface area contributed by atoms with Crippen molar-refractivity contribution in [2.24, 2.45) is 5.92 Å². The molecule has 1 aromatic rings. The van der Waals surface area contributed by atoms with E-state index in [4.69, 9.17) is 0 Å². The number of aromatic hydroxyl groups is 1. The van der Waals surface area contributed by atoms with Crippen molar-refractivity contribution in [1.82, 2.24) is 4.90 Å². The molecule has 4 heteroatoms. The highest BCUT2D eigenvalue weighted by Crippen LogP contribution is 2.25. The molecular weight excluding hydrogens is 242 g/mol. The van der Waals surface area contributed by atoms with E-state index in [1.807, 2.05) is 4.90 Å². The second-order valence-electron chi connectivity index (χ2n) is 5.33. The molecule has 1 heterocycles. The minimum atomic E-state index is -0.761. The van der Waals surface area contributed by atoms with Crippen LogP contribution in [-0.2, 0) is 11.2 Å². The fraction of sp³-hybridized carbons (Fsp3) is 0.533. The molecular formula is C15H21NO3. The average Bonchev–Trinajstić information content (AvgIpc) is 2.33. The zero-order valence-corrected chi connectivity index (χ0v) is 11.2. The SMILES string of the molecule is CCCC1CN(C(Cc2ccc(O)cc2)C(=O)O)C1. The zero-order valence-electron chi connectivity index (χ0n) is 11.2. The molecule has 2 N–H and O–H groups in total. The predicted octanol–water partition coefficient (Wildman–Crippen LogP) is 2.12. The largest absolute Gasteiger partial charge is 0.508 e. The van der Waals surface area contributed by atoms with E-state index in [1.165, 1.54) is 6.42 Å². The second-order valence-corrected chi connectivity index (χ2v) is 5.33.